The van der Waals surface area contributed by atoms with Gasteiger partial charge in [-0.05, 0) is 31.0 Å². The molecule has 0 bridgehead atoms. The van der Waals surface area contributed by atoms with Gasteiger partial charge in [0, 0.05) is 17.4 Å². The molecule has 2 aromatic heterocycles. The zero-order chi connectivity index (χ0) is 24.1. The number of rotatable bonds is 9. The Hall–Kier alpha value is -4.04. The van der Waals surface area contributed by atoms with E-state index < -0.39 is 5.91 Å². The number of hydrogen-bond acceptors (Lipinski definition) is 10. The molecule has 0 aliphatic heterocycles. The molecule has 0 unspecified atom stereocenters. The second kappa shape index (κ2) is 10.1. The summed E-state index contributed by atoms with van der Waals surface area (Å²) < 4.78 is 16.1. The van der Waals surface area contributed by atoms with Crippen LogP contribution in [0.1, 0.15) is 35.0 Å². The van der Waals surface area contributed by atoms with Crippen molar-refractivity contribution in [3.63, 3.8) is 0 Å². The summed E-state index contributed by atoms with van der Waals surface area (Å²) in [6, 6.07) is 7.15. The lowest BCUT2D eigenvalue weighted by Crippen LogP contribution is -2.10. The first-order valence-electron chi connectivity index (χ1n) is 10.0. The fourth-order valence-corrected chi connectivity index (χ4v) is 4.30. The van der Waals surface area contributed by atoms with Crippen LogP contribution in [0.2, 0.25) is 0 Å². The van der Waals surface area contributed by atoms with E-state index in [1.807, 2.05) is 0 Å². The largest absolute Gasteiger partial charge is 0.493 e. The Labute approximate surface area is 193 Å². The topological polar surface area (TPSA) is 177 Å². The fraction of sp³-hybridized carbons (Fsp3) is 0.273. The van der Waals surface area contributed by atoms with Gasteiger partial charge in [-0.15, -0.1) is 11.3 Å². The van der Waals surface area contributed by atoms with Crippen molar-refractivity contribution in [1.29, 1.82) is 5.26 Å². The van der Waals surface area contributed by atoms with E-state index in [-0.39, 0.29) is 40.9 Å². The van der Waals surface area contributed by atoms with Gasteiger partial charge >= 0.3 is 5.97 Å². The molecule has 33 heavy (non-hydrogen) atoms. The van der Waals surface area contributed by atoms with Gasteiger partial charge < -0.3 is 31.4 Å². The molecule has 1 aromatic carbocycles. The molecule has 11 heteroatoms. The zero-order valence-electron chi connectivity index (χ0n) is 18.1. The van der Waals surface area contributed by atoms with Gasteiger partial charge in [0.25, 0.3) is 5.91 Å². The number of hydrogen-bond donors (Lipinski definition) is 3. The van der Waals surface area contributed by atoms with Gasteiger partial charge in [-0.1, -0.05) is 6.07 Å². The molecule has 0 spiro atoms. The number of fused-ring (bicyclic) bond motifs is 1. The van der Waals surface area contributed by atoms with E-state index in [2.05, 4.69) is 11.1 Å². The average Bonchev–Trinajstić information content (AvgIpc) is 3.11. The van der Waals surface area contributed by atoms with Crippen LogP contribution in [0.3, 0.4) is 0 Å². The van der Waals surface area contributed by atoms with Crippen molar-refractivity contribution in [3.05, 3.63) is 28.6 Å². The summed E-state index contributed by atoms with van der Waals surface area (Å²) in [6.07, 6.45) is 0.666. The number of nitriles is 1. The fourth-order valence-electron chi connectivity index (χ4n) is 3.33. The van der Waals surface area contributed by atoms with Crippen LogP contribution in [0.25, 0.3) is 21.3 Å². The third kappa shape index (κ3) is 4.75. The van der Waals surface area contributed by atoms with Crippen molar-refractivity contribution in [2.45, 2.75) is 19.8 Å². The highest BCUT2D eigenvalue weighted by Crippen LogP contribution is 2.44. The zero-order valence-corrected chi connectivity index (χ0v) is 19.0. The monoisotopic (exact) mass is 469 g/mol. The first-order chi connectivity index (χ1) is 15.8. The summed E-state index contributed by atoms with van der Waals surface area (Å²) in [4.78, 5) is 28.1. The summed E-state index contributed by atoms with van der Waals surface area (Å²) in [5.41, 5.74) is 18.9. The third-order valence-corrected chi connectivity index (χ3v) is 5.89. The Morgan fingerprint density at radius 3 is 2.64 bits per heavy atom. The summed E-state index contributed by atoms with van der Waals surface area (Å²) in [5.74, 6) is -0.129. The molecular weight excluding hydrogens is 446 g/mol. The van der Waals surface area contributed by atoms with Crippen molar-refractivity contribution in [1.82, 2.24) is 4.98 Å². The molecule has 0 aliphatic carbocycles. The Kier molecular flexibility index (Phi) is 7.20. The highest BCUT2D eigenvalue weighted by molar-refractivity contribution is 7.21. The Balaban J connectivity index is 2.06. The van der Waals surface area contributed by atoms with Crippen LogP contribution in [0.4, 0.5) is 11.5 Å². The molecule has 3 aromatic rings. The van der Waals surface area contributed by atoms with Crippen molar-refractivity contribution in [2.24, 2.45) is 5.73 Å². The minimum Gasteiger partial charge on any atom is -0.493 e. The number of nitrogens with two attached hydrogens (primary N) is 3. The summed E-state index contributed by atoms with van der Waals surface area (Å²) in [5, 5.41) is 10.2. The van der Waals surface area contributed by atoms with Crippen molar-refractivity contribution in [3.8, 4) is 28.7 Å². The minimum absolute atomic E-state index is 0.00462. The molecule has 0 aliphatic rings. The van der Waals surface area contributed by atoms with Gasteiger partial charge in [-0.25, -0.2) is 4.98 Å². The Morgan fingerprint density at radius 2 is 2.00 bits per heavy atom. The van der Waals surface area contributed by atoms with E-state index in [1.54, 1.807) is 25.1 Å². The molecule has 3 rings (SSSR count). The number of nitrogen functional groups attached to an aromatic ring is 2. The first-order valence-corrected chi connectivity index (χ1v) is 10.8. The summed E-state index contributed by atoms with van der Waals surface area (Å²) >= 11 is 1.01. The normalized spacial score (nSPS) is 10.6. The van der Waals surface area contributed by atoms with Crippen molar-refractivity contribution >= 4 is 44.9 Å². The molecule has 172 valence electrons. The maximum absolute atomic E-state index is 11.8. The van der Waals surface area contributed by atoms with Crippen LogP contribution in [-0.4, -0.2) is 37.2 Å². The van der Waals surface area contributed by atoms with E-state index in [0.717, 1.165) is 11.3 Å². The SMILES string of the molecule is CCOC(=O)CCCOc1cc(-c2c(C#N)c(N)nc3sc(C(N)=O)c(N)c23)ccc1OC. The number of carbonyl (C=O) groups excluding carboxylic acids is 2. The van der Waals surface area contributed by atoms with Gasteiger partial charge in [0.2, 0.25) is 0 Å². The lowest BCUT2D eigenvalue weighted by Gasteiger charge is -2.14. The van der Waals surface area contributed by atoms with Crippen LogP contribution in [0.15, 0.2) is 18.2 Å². The van der Waals surface area contributed by atoms with E-state index in [1.165, 1.54) is 7.11 Å². The number of nitrogens with zero attached hydrogens (tertiary/aromatic N) is 2. The number of ether oxygens (including phenoxy) is 3. The second-order valence-corrected chi connectivity index (χ2v) is 7.87. The Morgan fingerprint density at radius 1 is 1.24 bits per heavy atom. The molecule has 2 heterocycles. The van der Waals surface area contributed by atoms with Gasteiger partial charge in [0.05, 0.1) is 26.0 Å². The van der Waals surface area contributed by atoms with Gasteiger partial charge in [0.1, 0.15) is 27.2 Å². The van der Waals surface area contributed by atoms with E-state index >= 15 is 0 Å². The molecule has 0 radical (unpaired) electrons. The van der Waals surface area contributed by atoms with Crippen molar-refractivity contribution < 1.29 is 23.8 Å². The maximum Gasteiger partial charge on any atom is 0.305 e. The van der Waals surface area contributed by atoms with Gasteiger partial charge in [-0.2, -0.15) is 5.26 Å². The number of amides is 1. The molecule has 6 N–H and O–H groups in total. The maximum atomic E-state index is 11.8. The lowest BCUT2D eigenvalue weighted by molar-refractivity contribution is -0.143. The van der Waals surface area contributed by atoms with Gasteiger partial charge in [-0.3, -0.25) is 9.59 Å². The molecule has 0 saturated carbocycles. The molecule has 1 amide bonds. The number of thiophene rings is 1. The standard InChI is InChI=1S/C22H23N5O5S/c1-3-31-15(28)5-4-8-32-14-9-11(6-7-13(14)30-2)16-12(10-23)20(25)27-22-17(16)18(24)19(33-22)21(26)29/h6-7,9H,3-5,8,24H2,1-2H3,(H2,25,27)(H2,26,29). The highest BCUT2D eigenvalue weighted by atomic mass is 32.1. The van der Waals surface area contributed by atoms with E-state index in [0.29, 0.717) is 45.9 Å². The third-order valence-electron chi connectivity index (χ3n) is 4.78. The predicted octanol–water partition coefficient (Wildman–Crippen LogP) is 2.83. The number of benzene rings is 1. The molecule has 0 fully saturated rings. The number of aromatic nitrogens is 1. The number of carbonyl (C=O) groups is 2. The van der Waals surface area contributed by atoms with Crippen LogP contribution in [0, 0.1) is 11.3 Å². The Bertz CT molecular complexity index is 1260. The minimum atomic E-state index is -0.695. The van der Waals surface area contributed by atoms with Crippen LogP contribution >= 0.6 is 11.3 Å². The number of pyridine rings is 1. The summed E-state index contributed by atoms with van der Waals surface area (Å²) in [6.45, 7) is 2.31. The van der Waals surface area contributed by atoms with Crippen LogP contribution in [0.5, 0.6) is 11.5 Å². The summed E-state index contributed by atoms with van der Waals surface area (Å²) in [7, 11) is 1.50. The molecular formula is C22H23N5O5S. The van der Waals surface area contributed by atoms with E-state index in [9.17, 15) is 14.9 Å². The average molecular weight is 470 g/mol. The number of esters is 1. The quantitative estimate of drug-likeness (QED) is 0.314. The van der Waals surface area contributed by atoms with Crippen LogP contribution < -0.4 is 26.7 Å². The molecule has 10 nitrogen and oxygen atoms in total. The smallest absolute Gasteiger partial charge is 0.305 e. The van der Waals surface area contributed by atoms with Crippen molar-refractivity contribution in [2.75, 3.05) is 31.8 Å². The number of methoxy groups -OCH3 is 1. The number of anilines is 2. The van der Waals surface area contributed by atoms with E-state index in [4.69, 9.17) is 31.4 Å². The molecule has 0 saturated heterocycles. The molecule has 0 atom stereocenters. The van der Waals surface area contributed by atoms with Gasteiger partial charge in [0.15, 0.2) is 11.5 Å². The number of primary amides is 1. The second-order valence-electron chi connectivity index (χ2n) is 6.87. The van der Waals surface area contributed by atoms with Crippen LogP contribution in [-0.2, 0) is 9.53 Å². The first kappa shape index (κ1) is 23.6. The highest BCUT2D eigenvalue weighted by Gasteiger charge is 2.24. The lowest BCUT2D eigenvalue weighted by atomic mass is 9.97. The predicted molar refractivity (Wildman–Crippen MR) is 125 cm³/mol.